The average molecular weight is 289 g/mol. The predicted octanol–water partition coefficient (Wildman–Crippen LogP) is 2.73. The zero-order valence-electron chi connectivity index (χ0n) is 13.2. The fourth-order valence-corrected chi connectivity index (χ4v) is 3.04. The van der Waals surface area contributed by atoms with E-state index in [9.17, 15) is 4.79 Å². The lowest BCUT2D eigenvalue weighted by Gasteiger charge is -2.32. The number of hydrogen-bond donors (Lipinski definition) is 1. The number of carbonyl (C=O) groups excluding carboxylic acids is 1. The minimum atomic E-state index is -0.0291. The minimum Gasteiger partial charge on any atom is -0.334 e. The van der Waals surface area contributed by atoms with Gasteiger partial charge in [-0.05, 0) is 38.8 Å². The zero-order chi connectivity index (χ0) is 15.2. The van der Waals surface area contributed by atoms with Crippen molar-refractivity contribution in [1.29, 1.82) is 0 Å². The number of rotatable bonds is 4. The van der Waals surface area contributed by atoms with E-state index in [-0.39, 0.29) is 23.9 Å². The molecule has 0 radical (unpaired) electrons. The number of nitrogens with two attached hydrogens (primary N) is 1. The maximum absolute atomic E-state index is 12.9. The third-order valence-corrected chi connectivity index (χ3v) is 4.35. The molecule has 116 valence electrons. The van der Waals surface area contributed by atoms with Crippen LogP contribution in [0, 0.1) is 5.92 Å². The van der Waals surface area contributed by atoms with Crippen molar-refractivity contribution >= 4 is 5.91 Å². The molecule has 1 heterocycles. The van der Waals surface area contributed by atoms with Gasteiger partial charge >= 0.3 is 0 Å². The normalized spacial score (nSPS) is 22.9. The molecule has 0 spiro atoms. The van der Waals surface area contributed by atoms with Crippen molar-refractivity contribution < 1.29 is 4.79 Å². The fraction of sp³-hybridized carbons (Fsp3) is 0.647. The highest BCUT2D eigenvalue weighted by atomic mass is 16.2. The van der Waals surface area contributed by atoms with Crippen LogP contribution in [0.15, 0.2) is 24.4 Å². The molecule has 21 heavy (non-hydrogen) atoms. The summed E-state index contributed by atoms with van der Waals surface area (Å²) < 4.78 is 0. The van der Waals surface area contributed by atoms with E-state index < -0.39 is 0 Å². The van der Waals surface area contributed by atoms with Crippen molar-refractivity contribution in [1.82, 2.24) is 9.88 Å². The summed E-state index contributed by atoms with van der Waals surface area (Å²) in [6.45, 7) is 4.69. The minimum absolute atomic E-state index is 0.00461. The van der Waals surface area contributed by atoms with Gasteiger partial charge in [0.1, 0.15) is 0 Å². The van der Waals surface area contributed by atoms with E-state index in [1.54, 1.807) is 6.20 Å². The highest BCUT2D eigenvalue weighted by molar-refractivity contribution is 5.79. The second kappa shape index (κ2) is 7.55. The van der Waals surface area contributed by atoms with Crippen LogP contribution in [0.1, 0.15) is 51.6 Å². The lowest BCUT2D eigenvalue weighted by molar-refractivity contribution is -0.139. The van der Waals surface area contributed by atoms with E-state index in [1.165, 1.54) is 6.42 Å². The summed E-state index contributed by atoms with van der Waals surface area (Å²) in [4.78, 5) is 19.2. The van der Waals surface area contributed by atoms with Crippen LogP contribution in [0.3, 0.4) is 0 Å². The molecule has 4 nitrogen and oxygen atoms in total. The lowest BCUT2D eigenvalue weighted by atomic mass is 9.93. The largest absolute Gasteiger partial charge is 0.334 e. The fourth-order valence-electron chi connectivity index (χ4n) is 3.04. The lowest BCUT2D eigenvalue weighted by Crippen LogP contribution is -2.46. The van der Waals surface area contributed by atoms with Gasteiger partial charge in [-0.1, -0.05) is 25.3 Å². The van der Waals surface area contributed by atoms with E-state index in [0.717, 1.165) is 31.4 Å². The van der Waals surface area contributed by atoms with Crippen LogP contribution in [-0.2, 0) is 11.3 Å². The van der Waals surface area contributed by atoms with Gasteiger partial charge in [-0.25, -0.2) is 0 Å². The standard InChI is InChI=1S/C17H27N3O/c1-13(2)20(12-14-8-6-7-11-19-14)17(21)15-9-4-3-5-10-16(15)18/h6-8,11,13,15-16H,3-5,9-10,12,18H2,1-2H3. The SMILES string of the molecule is CC(C)N(Cc1ccccn1)C(=O)C1CCCCCC1N. The number of pyridine rings is 1. The van der Waals surface area contributed by atoms with Crippen LogP contribution in [0.25, 0.3) is 0 Å². The van der Waals surface area contributed by atoms with Crippen molar-refractivity contribution in [3.8, 4) is 0 Å². The van der Waals surface area contributed by atoms with Gasteiger partial charge in [0.25, 0.3) is 0 Å². The van der Waals surface area contributed by atoms with Gasteiger partial charge in [0.05, 0.1) is 18.2 Å². The molecule has 2 N–H and O–H groups in total. The zero-order valence-corrected chi connectivity index (χ0v) is 13.2. The number of hydrogen-bond acceptors (Lipinski definition) is 3. The van der Waals surface area contributed by atoms with Gasteiger partial charge in [-0.2, -0.15) is 0 Å². The molecule has 2 unspecified atom stereocenters. The highest BCUT2D eigenvalue weighted by Gasteiger charge is 2.31. The van der Waals surface area contributed by atoms with E-state index in [2.05, 4.69) is 18.8 Å². The Labute approximate surface area is 127 Å². The Hall–Kier alpha value is -1.42. The van der Waals surface area contributed by atoms with E-state index >= 15 is 0 Å². The maximum atomic E-state index is 12.9. The molecular formula is C17H27N3O. The number of carbonyl (C=O) groups is 1. The molecule has 1 amide bonds. The van der Waals surface area contributed by atoms with Crippen molar-refractivity contribution in [2.45, 2.75) is 64.6 Å². The Bertz CT molecular complexity index is 447. The molecule has 0 bridgehead atoms. The Morgan fingerprint density at radius 1 is 1.33 bits per heavy atom. The topological polar surface area (TPSA) is 59.2 Å². The summed E-state index contributed by atoms with van der Waals surface area (Å²) >= 11 is 0. The molecule has 1 aromatic rings. The van der Waals surface area contributed by atoms with Crippen molar-refractivity contribution in [3.63, 3.8) is 0 Å². The Morgan fingerprint density at radius 2 is 2.10 bits per heavy atom. The van der Waals surface area contributed by atoms with Gasteiger partial charge < -0.3 is 10.6 Å². The van der Waals surface area contributed by atoms with E-state index in [0.29, 0.717) is 6.54 Å². The molecule has 1 aliphatic carbocycles. The summed E-state index contributed by atoms with van der Waals surface area (Å²) in [5.74, 6) is 0.170. The highest BCUT2D eigenvalue weighted by Crippen LogP contribution is 2.25. The van der Waals surface area contributed by atoms with Gasteiger partial charge in [0.15, 0.2) is 0 Å². The van der Waals surface area contributed by atoms with Gasteiger partial charge in [0.2, 0.25) is 5.91 Å². The predicted molar refractivity (Wildman–Crippen MR) is 84.5 cm³/mol. The Kier molecular flexibility index (Phi) is 5.74. The molecule has 2 atom stereocenters. The maximum Gasteiger partial charge on any atom is 0.227 e. The third kappa shape index (κ3) is 4.27. The first-order valence-corrected chi connectivity index (χ1v) is 8.05. The molecule has 0 saturated heterocycles. The summed E-state index contributed by atoms with van der Waals surface area (Å²) in [6, 6.07) is 5.99. The van der Waals surface area contributed by atoms with Crippen LogP contribution < -0.4 is 5.73 Å². The first-order valence-electron chi connectivity index (χ1n) is 8.05. The van der Waals surface area contributed by atoms with Crippen LogP contribution in [0.5, 0.6) is 0 Å². The van der Waals surface area contributed by atoms with Crippen molar-refractivity contribution in [2.24, 2.45) is 11.7 Å². The number of nitrogens with zero attached hydrogens (tertiary/aromatic N) is 2. The Morgan fingerprint density at radius 3 is 2.76 bits per heavy atom. The van der Waals surface area contributed by atoms with Crippen LogP contribution in [-0.4, -0.2) is 27.9 Å². The summed E-state index contributed by atoms with van der Waals surface area (Å²) in [5, 5.41) is 0. The molecule has 0 aromatic carbocycles. The first kappa shape index (κ1) is 16.0. The quantitative estimate of drug-likeness (QED) is 0.867. The summed E-state index contributed by atoms with van der Waals surface area (Å²) in [5.41, 5.74) is 7.18. The van der Waals surface area contributed by atoms with Gasteiger partial charge in [0, 0.05) is 18.3 Å². The smallest absolute Gasteiger partial charge is 0.227 e. The van der Waals surface area contributed by atoms with Crippen molar-refractivity contribution in [3.05, 3.63) is 30.1 Å². The molecule has 1 aromatic heterocycles. The average Bonchev–Trinajstić information content (AvgIpc) is 2.69. The molecule has 1 saturated carbocycles. The summed E-state index contributed by atoms with van der Waals surface area (Å²) in [7, 11) is 0. The van der Waals surface area contributed by atoms with Gasteiger partial charge in [-0.3, -0.25) is 9.78 Å². The van der Waals surface area contributed by atoms with Gasteiger partial charge in [-0.15, -0.1) is 0 Å². The molecule has 1 aliphatic rings. The molecule has 1 fully saturated rings. The summed E-state index contributed by atoms with van der Waals surface area (Å²) in [6.07, 6.45) is 7.11. The molecule has 2 rings (SSSR count). The second-order valence-electron chi connectivity index (χ2n) is 6.29. The monoisotopic (exact) mass is 289 g/mol. The van der Waals surface area contributed by atoms with Crippen LogP contribution in [0.2, 0.25) is 0 Å². The van der Waals surface area contributed by atoms with Crippen LogP contribution >= 0.6 is 0 Å². The second-order valence-corrected chi connectivity index (χ2v) is 6.29. The molecule has 4 heteroatoms. The van der Waals surface area contributed by atoms with Crippen LogP contribution in [0.4, 0.5) is 0 Å². The number of aromatic nitrogens is 1. The van der Waals surface area contributed by atoms with Crippen molar-refractivity contribution in [2.75, 3.05) is 0 Å². The molecular weight excluding hydrogens is 262 g/mol. The molecule has 0 aliphatic heterocycles. The number of amides is 1. The van der Waals surface area contributed by atoms with E-state index in [4.69, 9.17) is 5.73 Å². The van der Waals surface area contributed by atoms with E-state index in [1.807, 2.05) is 23.1 Å². The Balaban J connectivity index is 2.11. The third-order valence-electron chi connectivity index (χ3n) is 4.35. The first-order chi connectivity index (χ1) is 10.1.